The minimum Gasteiger partial charge on any atom is -0.371 e. The third-order valence-corrected chi connectivity index (χ3v) is 5.87. The number of hydrogen-bond donors (Lipinski definition) is 2. The van der Waals surface area contributed by atoms with Crippen LogP contribution in [0.15, 0.2) is 42.5 Å². The standard InChI is InChI=1S/C23H26N4O/c1-16(18-4-8-22-19(14-18)5-9-23(28)26-22)25-20-10-12-27(13-11-20)21-6-2-17(15-24)3-7-21/h2-4,6-8,14,16,20,25H,5,9-13H2,1H3,(H,26,28)/t16-/m1/s1. The fourth-order valence-corrected chi connectivity index (χ4v) is 4.17. The Bertz CT molecular complexity index is 892. The van der Waals surface area contributed by atoms with Crippen LogP contribution in [0.3, 0.4) is 0 Å². The molecule has 2 aromatic rings. The third-order valence-electron chi connectivity index (χ3n) is 5.87. The Labute approximate surface area is 166 Å². The first kappa shape index (κ1) is 18.5. The fraction of sp³-hybridized carbons (Fsp3) is 0.391. The van der Waals surface area contributed by atoms with E-state index in [1.54, 1.807) is 0 Å². The van der Waals surface area contributed by atoms with Crippen LogP contribution in [0.25, 0.3) is 0 Å². The Morgan fingerprint density at radius 1 is 1.14 bits per heavy atom. The van der Waals surface area contributed by atoms with Gasteiger partial charge in [0.2, 0.25) is 5.91 Å². The van der Waals surface area contributed by atoms with Crippen molar-refractivity contribution in [1.82, 2.24) is 5.32 Å². The first-order valence-electron chi connectivity index (χ1n) is 10.1. The minimum absolute atomic E-state index is 0.112. The molecule has 1 fully saturated rings. The zero-order chi connectivity index (χ0) is 19.5. The summed E-state index contributed by atoms with van der Waals surface area (Å²) in [4.78, 5) is 13.9. The number of carbonyl (C=O) groups is 1. The van der Waals surface area contributed by atoms with Gasteiger partial charge in [0.05, 0.1) is 11.6 Å². The lowest BCUT2D eigenvalue weighted by Crippen LogP contribution is -2.43. The molecule has 2 aliphatic heterocycles. The number of carbonyl (C=O) groups excluding carboxylic acids is 1. The lowest BCUT2D eigenvalue weighted by molar-refractivity contribution is -0.116. The number of rotatable bonds is 4. The van der Waals surface area contributed by atoms with Gasteiger partial charge in [-0.3, -0.25) is 4.79 Å². The van der Waals surface area contributed by atoms with Gasteiger partial charge in [0.25, 0.3) is 0 Å². The number of benzene rings is 2. The lowest BCUT2D eigenvalue weighted by atomic mass is 9.96. The van der Waals surface area contributed by atoms with Gasteiger partial charge in [0, 0.05) is 43.0 Å². The van der Waals surface area contributed by atoms with Crippen molar-refractivity contribution in [3.63, 3.8) is 0 Å². The predicted molar refractivity (Wildman–Crippen MR) is 111 cm³/mol. The first-order chi connectivity index (χ1) is 13.6. The topological polar surface area (TPSA) is 68.2 Å². The van der Waals surface area contributed by atoms with Crippen LogP contribution in [0.5, 0.6) is 0 Å². The summed E-state index contributed by atoms with van der Waals surface area (Å²) < 4.78 is 0. The Hall–Kier alpha value is -2.84. The fourth-order valence-electron chi connectivity index (χ4n) is 4.17. The highest BCUT2D eigenvalue weighted by Crippen LogP contribution is 2.27. The molecule has 1 saturated heterocycles. The second-order valence-corrected chi connectivity index (χ2v) is 7.77. The van der Waals surface area contributed by atoms with Crippen molar-refractivity contribution in [3.05, 3.63) is 59.2 Å². The quantitative estimate of drug-likeness (QED) is 0.855. The van der Waals surface area contributed by atoms with Gasteiger partial charge < -0.3 is 15.5 Å². The lowest BCUT2D eigenvalue weighted by Gasteiger charge is -2.35. The van der Waals surface area contributed by atoms with Crippen molar-refractivity contribution < 1.29 is 4.79 Å². The van der Waals surface area contributed by atoms with Crippen LogP contribution < -0.4 is 15.5 Å². The Morgan fingerprint density at radius 3 is 2.61 bits per heavy atom. The molecule has 0 saturated carbocycles. The van der Waals surface area contributed by atoms with Gasteiger partial charge >= 0.3 is 0 Å². The molecule has 144 valence electrons. The van der Waals surface area contributed by atoms with E-state index in [1.165, 1.54) is 16.8 Å². The number of fused-ring (bicyclic) bond motifs is 1. The Kier molecular flexibility index (Phi) is 5.31. The molecule has 1 amide bonds. The largest absolute Gasteiger partial charge is 0.371 e. The van der Waals surface area contributed by atoms with Crippen LogP contribution in [-0.4, -0.2) is 25.0 Å². The molecule has 0 radical (unpaired) electrons. The molecule has 2 aliphatic rings. The Morgan fingerprint density at radius 2 is 1.89 bits per heavy atom. The van der Waals surface area contributed by atoms with E-state index in [-0.39, 0.29) is 11.9 Å². The van der Waals surface area contributed by atoms with E-state index in [1.807, 2.05) is 30.3 Å². The highest BCUT2D eigenvalue weighted by molar-refractivity contribution is 5.93. The molecule has 28 heavy (non-hydrogen) atoms. The third kappa shape index (κ3) is 4.02. The summed E-state index contributed by atoms with van der Waals surface area (Å²) in [6.07, 6.45) is 3.60. The average Bonchev–Trinajstić information content (AvgIpc) is 2.74. The normalized spacial score (nSPS) is 18.1. The molecule has 5 heteroatoms. The van der Waals surface area contributed by atoms with E-state index in [4.69, 9.17) is 5.26 Å². The summed E-state index contributed by atoms with van der Waals surface area (Å²) in [7, 11) is 0. The maximum atomic E-state index is 11.5. The Balaban J connectivity index is 1.33. The van der Waals surface area contributed by atoms with E-state index in [2.05, 4.69) is 40.7 Å². The molecule has 0 spiro atoms. The zero-order valence-corrected chi connectivity index (χ0v) is 16.2. The molecule has 0 unspecified atom stereocenters. The molecule has 1 atom stereocenters. The highest BCUT2D eigenvalue weighted by Gasteiger charge is 2.22. The highest BCUT2D eigenvalue weighted by atomic mass is 16.1. The van der Waals surface area contributed by atoms with Gasteiger partial charge in [-0.15, -0.1) is 0 Å². The molecule has 2 aromatic carbocycles. The number of piperidine rings is 1. The van der Waals surface area contributed by atoms with Crippen molar-refractivity contribution in [2.45, 2.75) is 44.7 Å². The summed E-state index contributed by atoms with van der Waals surface area (Å²) >= 11 is 0. The average molecular weight is 374 g/mol. The van der Waals surface area contributed by atoms with Crippen molar-refractivity contribution in [1.29, 1.82) is 5.26 Å². The summed E-state index contributed by atoms with van der Waals surface area (Å²) in [6.45, 7) is 4.26. The van der Waals surface area contributed by atoms with E-state index in [0.29, 0.717) is 18.0 Å². The maximum absolute atomic E-state index is 11.5. The number of nitrogens with one attached hydrogen (secondary N) is 2. The van der Waals surface area contributed by atoms with Crippen molar-refractivity contribution >= 4 is 17.3 Å². The number of amides is 1. The van der Waals surface area contributed by atoms with E-state index in [9.17, 15) is 4.79 Å². The molecular weight excluding hydrogens is 348 g/mol. The maximum Gasteiger partial charge on any atom is 0.224 e. The van der Waals surface area contributed by atoms with E-state index >= 15 is 0 Å². The van der Waals surface area contributed by atoms with E-state index in [0.717, 1.165) is 38.0 Å². The zero-order valence-electron chi connectivity index (χ0n) is 16.2. The molecule has 5 nitrogen and oxygen atoms in total. The van der Waals surface area contributed by atoms with Gasteiger partial charge in [0.15, 0.2) is 0 Å². The van der Waals surface area contributed by atoms with Crippen LogP contribution in [0.2, 0.25) is 0 Å². The number of nitriles is 1. The van der Waals surface area contributed by atoms with E-state index < -0.39 is 0 Å². The molecule has 2 N–H and O–H groups in total. The monoisotopic (exact) mass is 374 g/mol. The second-order valence-electron chi connectivity index (χ2n) is 7.77. The number of hydrogen-bond acceptors (Lipinski definition) is 4. The molecule has 2 heterocycles. The molecule has 0 bridgehead atoms. The van der Waals surface area contributed by atoms with Crippen LogP contribution in [0, 0.1) is 11.3 Å². The summed E-state index contributed by atoms with van der Waals surface area (Å²) in [6, 6.07) is 17.2. The van der Waals surface area contributed by atoms with Crippen molar-refractivity contribution in [2.24, 2.45) is 0 Å². The summed E-state index contributed by atoms with van der Waals surface area (Å²) in [5.74, 6) is 0.112. The van der Waals surface area contributed by atoms with Gasteiger partial charge in [0.1, 0.15) is 0 Å². The van der Waals surface area contributed by atoms with Gasteiger partial charge in [-0.2, -0.15) is 5.26 Å². The molecular formula is C23H26N4O. The van der Waals surface area contributed by atoms with Gasteiger partial charge in [-0.1, -0.05) is 12.1 Å². The van der Waals surface area contributed by atoms with Crippen LogP contribution in [0.4, 0.5) is 11.4 Å². The number of aryl methyl sites for hydroxylation is 1. The van der Waals surface area contributed by atoms with Crippen molar-refractivity contribution in [3.8, 4) is 6.07 Å². The number of nitrogens with zero attached hydrogens (tertiary/aromatic N) is 2. The molecule has 4 rings (SSSR count). The van der Waals surface area contributed by atoms with Crippen molar-refractivity contribution in [2.75, 3.05) is 23.3 Å². The summed E-state index contributed by atoms with van der Waals surface area (Å²) in [5.41, 5.74) is 5.38. The number of anilines is 2. The SMILES string of the molecule is C[C@@H](NC1CCN(c2ccc(C#N)cc2)CC1)c1ccc2c(c1)CCC(=O)N2. The molecule has 0 aliphatic carbocycles. The van der Waals surface area contributed by atoms with Crippen LogP contribution in [-0.2, 0) is 11.2 Å². The first-order valence-corrected chi connectivity index (χ1v) is 10.1. The van der Waals surface area contributed by atoms with Gasteiger partial charge in [-0.05, 0) is 67.6 Å². The smallest absolute Gasteiger partial charge is 0.224 e. The second kappa shape index (κ2) is 8.04. The van der Waals surface area contributed by atoms with Gasteiger partial charge in [-0.25, -0.2) is 0 Å². The van der Waals surface area contributed by atoms with Crippen LogP contribution in [0.1, 0.15) is 48.9 Å². The minimum atomic E-state index is 0.112. The summed E-state index contributed by atoms with van der Waals surface area (Å²) in [5, 5.41) is 15.7. The predicted octanol–water partition coefficient (Wildman–Crippen LogP) is 3.76. The molecule has 0 aromatic heterocycles. The van der Waals surface area contributed by atoms with Crippen LogP contribution >= 0.6 is 0 Å².